The molecule has 0 amide bonds. The average Bonchev–Trinajstić information content (AvgIpc) is 2.93. The van der Waals surface area contributed by atoms with Gasteiger partial charge in [-0.15, -0.1) is 0 Å². The van der Waals surface area contributed by atoms with Crippen LogP contribution in [0.15, 0.2) is 47.0 Å². The molecule has 0 atom stereocenters. The highest BCUT2D eigenvalue weighted by Gasteiger charge is 2.08. The summed E-state index contributed by atoms with van der Waals surface area (Å²) >= 11 is 0. The van der Waals surface area contributed by atoms with E-state index in [1.54, 1.807) is 0 Å². The molecule has 0 saturated carbocycles. The first-order chi connectivity index (χ1) is 9.36. The third-order valence-electron chi connectivity index (χ3n) is 2.96. The number of fused-ring (bicyclic) bond motifs is 1. The van der Waals surface area contributed by atoms with Gasteiger partial charge in [0.25, 0.3) is 0 Å². The van der Waals surface area contributed by atoms with E-state index in [9.17, 15) is 0 Å². The Labute approximate surface area is 111 Å². The minimum absolute atomic E-state index is 0.477. The Balaban J connectivity index is 1.92. The van der Waals surface area contributed by atoms with Gasteiger partial charge in [-0.2, -0.15) is 4.98 Å². The van der Waals surface area contributed by atoms with Gasteiger partial charge in [0.1, 0.15) is 0 Å². The van der Waals surface area contributed by atoms with Gasteiger partial charge in [-0.1, -0.05) is 48.5 Å². The quantitative estimate of drug-likeness (QED) is 0.770. The standard InChI is InChI=1S/C15H15N3O/c1-2-9-16-15-17-14(18-19-15)13-8-7-11-5-3-4-6-12(11)10-13/h3-8,10H,2,9H2,1H3,(H,16,17,18). The van der Waals surface area contributed by atoms with Gasteiger partial charge >= 0.3 is 6.01 Å². The molecular weight excluding hydrogens is 238 g/mol. The van der Waals surface area contributed by atoms with Crippen molar-refractivity contribution in [2.24, 2.45) is 0 Å². The van der Waals surface area contributed by atoms with E-state index in [4.69, 9.17) is 4.52 Å². The first kappa shape index (κ1) is 11.7. The molecule has 3 rings (SSSR count). The highest BCUT2D eigenvalue weighted by molar-refractivity contribution is 5.86. The Bertz CT molecular complexity index is 690. The molecule has 0 aliphatic rings. The average molecular weight is 253 g/mol. The molecular formula is C15H15N3O. The zero-order chi connectivity index (χ0) is 13.1. The summed E-state index contributed by atoms with van der Waals surface area (Å²) in [6, 6.07) is 14.9. The third kappa shape index (κ3) is 2.42. The number of nitrogens with one attached hydrogen (secondary N) is 1. The number of hydrogen-bond donors (Lipinski definition) is 1. The van der Waals surface area contributed by atoms with Gasteiger partial charge < -0.3 is 9.84 Å². The Morgan fingerprint density at radius 3 is 2.79 bits per heavy atom. The van der Waals surface area contributed by atoms with E-state index in [1.165, 1.54) is 10.8 Å². The molecule has 4 heteroatoms. The number of nitrogens with zero attached hydrogens (tertiary/aromatic N) is 2. The molecule has 0 saturated heterocycles. The van der Waals surface area contributed by atoms with Crippen LogP contribution in [0.2, 0.25) is 0 Å². The second-order valence-corrected chi connectivity index (χ2v) is 4.41. The summed E-state index contributed by atoms with van der Waals surface area (Å²) in [5.41, 5.74) is 0.965. The number of rotatable bonds is 4. The lowest BCUT2D eigenvalue weighted by atomic mass is 10.1. The minimum Gasteiger partial charge on any atom is -0.338 e. The molecule has 0 unspecified atom stereocenters. The van der Waals surface area contributed by atoms with Crippen LogP contribution in [-0.4, -0.2) is 16.7 Å². The maximum atomic E-state index is 5.16. The third-order valence-corrected chi connectivity index (χ3v) is 2.96. The van der Waals surface area contributed by atoms with Crippen molar-refractivity contribution < 1.29 is 4.52 Å². The number of aromatic nitrogens is 2. The first-order valence-corrected chi connectivity index (χ1v) is 6.43. The van der Waals surface area contributed by atoms with Crippen molar-refractivity contribution in [3.63, 3.8) is 0 Å². The fourth-order valence-corrected chi connectivity index (χ4v) is 1.97. The molecule has 1 N–H and O–H groups in total. The topological polar surface area (TPSA) is 51.0 Å². The summed E-state index contributed by atoms with van der Waals surface area (Å²) in [5.74, 6) is 0.615. The maximum Gasteiger partial charge on any atom is 0.321 e. The van der Waals surface area contributed by atoms with E-state index in [-0.39, 0.29) is 0 Å². The predicted molar refractivity (Wildman–Crippen MR) is 76.0 cm³/mol. The van der Waals surface area contributed by atoms with Crippen molar-refractivity contribution in [2.75, 3.05) is 11.9 Å². The monoisotopic (exact) mass is 253 g/mol. The van der Waals surface area contributed by atoms with Crippen LogP contribution in [0.4, 0.5) is 6.01 Å². The SMILES string of the molecule is CCCNc1nc(-c2ccc3ccccc3c2)no1. The van der Waals surface area contributed by atoms with E-state index in [0.717, 1.165) is 18.5 Å². The fourth-order valence-electron chi connectivity index (χ4n) is 1.97. The lowest BCUT2D eigenvalue weighted by Gasteiger charge is -1.99. The summed E-state index contributed by atoms with van der Waals surface area (Å²) in [6.45, 7) is 2.92. The van der Waals surface area contributed by atoms with Crippen molar-refractivity contribution in [1.82, 2.24) is 10.1 Å². The summed E-state index contributed by atoms with van der Waals surface area (Å²) in [4.78, 5) is 4.34. The molecule has 1 heterocycles. The molecule has 4 nitrogen and oxygen atoms in total. The minimum atomic E-state index is 0.477. The van der Waals surface area contributed by atoms with Gasteiger partial charge in [-0.25, -0.2) is 0 Å². The smallest absolute Gasteiger partial charge is 0.321 e. The van der Waals surface area contributed by atoms with Crippen LogP contribution in [-0.2, 0) is 0 Å². The Morgan fingerprint density at radius 1 is 1.11 bits per heavy atom. The molecule has 0 aliphatic heterocycles. The fraction of sp³-hybridized carbons (Fsp3) is 0.200. The Morgan fingerprint density at radius 2 is 1.95 bits per heavy atom. The summed E-state index contributed by atoms with van der Waals surface area (Å²) in [7, 11) is 0. The lowest BCUT2D eigenvalue weighted by Crippen LogP contribution is -1.99. The molecule has 19 heavy (non-hydrogen) atoms. The van der Waals surface area contributed by atoms with Crippen molar-refractivity contribution in [1.29, 1.82) is 0 Å². The molecule has 3 aromatic rings. The van der Waals surface area contributed by atoms with Crippen LogP contribution in [0.5, 0.6) is 0 Å². The van der Waals surface area contributed by atoms with Crippen molar-refractivity contribution >= 4 is 16.8 Å². The van der Waals surface area contributed by atoms with Gasteiger partial charge in [0.15, 0.2) is 0 Å². The number of hydrogen-bond acceptors (Lipinski definition) is 4. The molecule has 2 aromatic carbocycles. The molecule has 0 radical (unpaired) electrons. The second kappa shape index (κ2) is 5.10. The predicted octanol–water partition coefficient (Wildman–Crippen LogP) is 3.71. The molecule has 96 valence electrons. The molecule has 0 fully saturated rings. The first-order valence-electron chi connectivity index (χ1n) is 6.43. The lowest BCUT2D eigenvalue weighted by molar-refractivity contribution is 0.432. The summed E-state index contributed by atoms with van der Waals surface area (Å²) < 4.78 is 5.16. The Hall–Kier alpha value is -2.36. The highest BCUT2D eigenvalue weighted by atomic mass is 16.5. The van der Waals surface area contributed by atoms with E-state index < -0.39 is 0 Å². The highest BCUT2D eigenvalue weighted by Crippen LogP contribution is 2.23. The molecule has 0 aliphatic carbocycles. The van der Waals surface area contributed by atoms with Gasteiger partial charge in [-0.05, 0) is 23.3 Å². The van der Waals surface area contributed by atoms with Crippen LogP contribution in [0, 0.1) is 0 Å². The Kier molecular flexibility index (Phi) is 3.14. The molecule has 1 aromatic heterocycles. The normalized spacial score (nSPS) is 10.8. The number of anilines is 1. The van der Waals surface area contributed by atoms with Crippen LogP contribution in [0.25, 0.3) is 22.2 Å². The van der Waals surface area contributed by atoms with Crippen molar-refractivity contribution in [3.8, 4) is 11.4 Å². The summed E-state index contributed by atoms with van der Waals surface area (Å²) in [6.07, 6.45) is 1.02. The molecule has 0 spiro atoms. The second-order valence-electron chi connectivity index (χ2n) is 4.41. The van der Waals surface area contributed by atoms with Crippen LogP contribution >= 0.6 is 0 Å². The maximum absolute atomic E-state index is 5.16. The summed E-state index contributed by atoms with van der Waals surface area (Å²) in [5, 5.41) is 9.46. The zero-order valence-corrected chi connectivity index (χ0v) is 10.8. The van der Waals surface area contributed by atoms with Crippen LogP contribution in [0.1, 0.15) is 13.3 Å². The van der Waals surface area contributed by atoms with E-state index in [2.05, 4.69) is 46.6 Å². The van der Waals surface area contributed by atoms with Gasteiger partial charge in [0, 0.05) is 12.1 Å². The molecule has 0 bridgehead atoms. The van der Waals surface area contributed by atoms with Crippen LogP contribution in [0.3, 0.4) is 0 Å². The van der Waals surface area contributed by atoms with Crippen molar-refractivity contribution in [2.45, 2.75) is 13.3 Å². The van der Waals surface area contributed by atoms with Gasteiger partial charge in [-0.3, -0.25) is 0 Å². The van der Waals surface area contributed by atoms with Crippen LogP contribution < -0.4 is 5.32 Å². The number of benzene rings is 2. The van der Waals surface area contributed by atoms with Gasteiger partial charge in [0.05, 0.1) is 0 Å². The zero-order valence-electron chi connectivity index (χ0n) is 10.8. The van der Waals surface area contributed by atoms with E-state index in [0.29, 0.717) is 11.8 Å². The van der Waals surface area contributed by atoms with Gasteiger partial charge in [0.2, 0.25) is 5.82 Å². The largest absolute Gasteiger partial charge is 0.338 e. The van der Waals surface area contributed by atoms with E-state index >= 15 is 0 Å². The van der Waals surface area contributed by atoms with Crippen molar-refractivity contribution in [3.05, 3.63) is 42.5 Å². The van der Waals surface area contributed by atoms with E-state index in [1.807, 2.05) is 18.2 Å².